The summed E-state index contributed by atoms with van der Waals surface area (Å²) in [6.07, 6.45) is 1.48. The molecule has 0 atom stereocenters. The van der Waals surface area contributed by atoms with Crippen molar-refractivity contribution < 1.29 is 32.2 Å². The molecule has 5 aromatic rings. The Hall–Kier alpha value is -4.17. The van der Waals surface area contributed by atoms with E-state index in [2.05, 4.69) is 0 Å². The number of phenols is 2. The van der Waals surface area contributed by atoms with E-state index in [0.29, 0.717) is 11.3 Å². The Bertz CT molecular complexity index is 2290. The number of nitrogens with zero attached hydrogens (tertiary/aromatic N) is 2. The quantitative estimate of drug-likeness (QED) is 0.0590. The van der Waals surface area contributed by atoms with E-state index in [1.165, 1.54) is 36.5 Å². The molecule has 5 aromatic carbocycles. The summed E-state index contributed by atoms with van der Waals surface area (Å²) in [6.45, 7) is 16.2. The molecule has 0 saturated carbocycles. The summed E-state index contributed by atoms with van der Waals surface area (Å²) in [5.74, 6) is -12.4. The normalized spacial score (nSPS) is 12.5. The molecule has 4 nitrogen and oxygen atoms in total. The number of aryl methyl sites for hydroxylation is 3. The molecule has 0 amide bonds. The van der Waals surface area contributed by atoms with Crippen LogP contribution in [0.25, 0.3) is 0 Å². The van der Waals surface area contributed by atoms with E-state index < -0.39 is 63.8 Å². The highest BCUT2D eigenvalue weighted by Crippen LogP contribution is 2.57. The highest BCUT2D eigenvalue weighted by atomic mass is 35.5. The lowest BCUT2D eigenvalue weighted by Crippen LogP contribution is -2.34. The minimum Gasteiger partial charge on any atom is -0.507 e. The molecular weight excluding hydrogens is 761 g/mol. The molecule has 0 spiro atoms. The number of aliphatic imine (C=N–C) groups is 1. The van der Waals surface area contributed by atoms with Gasteiger partial charge in [-0.25, -0.2) is 22.0 Å². The van der Waals surface area contributed by atoms with Crippen molar-refractivity contribution in [2.45, 2.75) is 73.1 Å². The summed E-state index contributed by atoms with van der Waals surface area (Å²) in [5, 5.41) is 22.2. The molecule has 0 unspecified atom stereocenters. The van der Waals surface area contributed by atoms with Crippen LogP contribution in [-0.4, -0.2) is 16.4 Å². The van der Waals surface area contributed by atoms with Crippen molar-refractivity contribution in [1.29, 1.82) is 0 Å². The standard InChI is InChI=1S/C42H40Cl2F5N2O2P/c1-21-14-22(2)37(23(3)15-21)50-20-24-12-10-11-13-29(24)51-54(40-35(48)33(46)32(45)34(47)36(40)49,30-18-25(43)16-27(38(30)52)41(4,5)6)31-19-26(44)17-28(39(31)53)42(7,8)9/h10-20,52-53H,1-9H3. The van der Waals surface area contributed by atoms with Gasteiger partial charge in [-0.2, -0.15) is 0 Å². The van der Waals surface area contributed by atoms with Gasteiger partial charge in [-0.1, -0.05) is 101 Å². The maximum atomic E-state index is 16.7. The zero-order valence-corrected chi connectivity index (χ0v) is 33.6. The van der Waals surface area contributed by atoms with Gasteiger partial charge in [-0.05, 0) is 73.1 Å². The van der Waals surface area contributed by atoms with E-state index in [1.54, 1.807) is 59.7 Å². The minimum absolute atomic E-state index is 0.00527. The second-order valence-electron chi connectivity index (χ2n) is 15.4. The van der Waals surface area contributed by atoms with Gasteiger partial charge in [-0.15, -0.1) is 0 Å². The van der Waals surface area contributed by atoms with E-state index in [9.17, 15) is 14.6 Å². The number of aromatic hydroxyl groups is 2. The zero-order chi connectivity index (χ0) is 40.2. The molecule has 5 rings (SSSR count). The smallest absolute Gasteiger partial charge is 0.200 e. The van der Waals surface area contributed by atoms with Crippen molar-refractivity contribution in [3.05, 3.63) is 133 Å². The Kier molecular flexibility index (Phi) is 11.3. The van der Waals surface area contributed by atoms with Crippen LogP contribution in [0, 0.1) is 49.9 Å². The van der Waals surface area contributed by atoms with Crippen molar-refractivity contribution in [2.75, 3.05) is 0 Å². The van der Waals surface area contributed by atoms with Gasteiger partial charge in [0.2, 0.25) is 5.82 Å². The lowest BCUT2D eigenvalue weighted by Gasteiger charge is -2.33. The second-order valence-corrected chi connectivity index (χ2v) is 19.1. The summed E-state index contributed by atoms with van der Waals surface area (Å²) < 4.78 is 84.3. The van der Waals surface area contributed by atoms with E-state index in [-0.39, 0.29) is 37.5 Å². The Morgan fingerprint density at radius 2 is 1.06 bits per heavy atom. The van der Waals surface area contributed by atoms with Crippen molar-refractivity contribution in [2.24, 2.45) is 9.74 Å². The Labute approximate surface area is 322 Å². The van der Waals surface area contributed by atoms with Crippen LogP contribution in [-0.2, 0) is 10.8 Å². The Morgan fingerprint density at radius 3 is 1.50 bits per heavy atom. The van der Waals surface area contributed by atoms with E-state index in [0.717, 1.165) is 16.7 Å². The van der Waals surface area contributed by atoms with Gasteiger partial charge in [0, 0.05) is 43.6 Å². The lowest BCUT2D eigenvalue weighted by molar-refractivity contribution is 0.384. The minimum atomic E-state index is -4.90. The first-order valence-electron chi connectivity index (χ1n) is 16.9. The fourth-order valence-corrected chi connectivity index (χ4v) is 11.0. The first-order valence-corrected chi connectivity index (χ1v) is 19.4. The van der Waals surface area contributed by atoms with Gasteiger partial charge < -0.3 is 10.2 Å². The molecule has 0 aliphatic carbocycles. The highest BCUT2D eigenvalue weighted by Gasteiger charge is 2.44. The SMILES string of the molecule is Cc1cc(C)c(N=Cc2ccccc2N=P(c2cc(Cl)cc(C(C)(C)C)c2O)(c2cc(Cl)cc(C(C)(C)C)c2O)c2c(F)c(F)c(F)c(F)c2F)c(C)c1. The molecule has 0 aromatic heterocycles. The van der Waals surface area contributed by atoms with Crippen molar-refractivity contribution >= 4 is 63.8 Å². The second kappa shape index (κ2) is 14.8. The molecule has 0 heterocycles. The molecule has 54 heavy (non-hydrogen) atoms. The first-order chi connectivity index (χ1) is 25.0. The van der Waals surface area contributed by atoms with Gasteiger partial charge in [0.25, 0.3) is 0 Å². The van der Waals surface area contributed by atoms with Crippen LogP contribution in [0.4, 0.5) is 33.3 Å². The summed E-state index contributed by atoms with van der Waals surface area (Å²) in [5.41, 5.74) is 2.36. The van der Waals surface area contributed by atoms with Gasteiger partial charge >= 0.3 is 0 Å². The van der Waals surface area contributed by atoms with Crippen LogP contribution in [0.1, 0.15) is 74.9 Å². The molecule has 0 radical (unpaired) electrons. The number of phenolic OH excluding ortho intramolecular Hbond substituents is 2. The molecule has 0 bridgehead atoms. The van der Waals surface area contributed by atoms with Crippen LogP contribution < -0.4 is 15.9 Å². The molecule has 2 N–H and O–H groups in total. The summed E-state index contributed by atoms with van der Waals surface area (Å²) in [7, 11) is -4.90. The molecular formula is C42H40Cl2F5N2O2P. The summed E-state index contributed by atoms with van der Waals surface area (Å²) >= 11 is 13.4. The summed E-state index contributed by atoms with van der Waals surface area (Å²) in [4.78, 5) is 4.73. The fraction of sp³-hybridized carbons (Fsp3) is 0.262. The molecule has 0 aliphatic heterocycles. The molecule has 12 heteroatoms. The predicted molar refractivity (Wildman–Crippen MR) is 212 cm³/mol. The van der Waals surface area contributed by atoms with Crippen LogP contribution in [0.5, 0.6) is 11.5 Å². The predicted octanol–water partition coefficient (Wildman–Crippen LogP) is 12.2. The van der Waals surface area contributed by atoms with Crippen LogP contribution >= 0.6 is 30.3 Å². The number of hydrogen-bond acceptors (Lipinski definition) is 4. The fourth-order valence-electron chi connectivity index (χ4n) is 6.57. The van der Waals surface area contributed by atoms with E-state index in [1.807, 2.05) is 32.9 Å². The average molecular weight is 802 g/mol. The molecule has 0 aliphatic rings. The van der Waals surface area contributed by atoms with E-state index in [4.69, 9.17) is 32.9 Å². The zero-order valence-electron chi connectivity index (χ0n) is 31.2. The third-order valence-electron chi connectivity index (χ3n) is 9.10. The average Bonchev–Trinajstić information content (AvgIpc) is 3.07. The third kappa shape index (κ3) is 7.43. The van der Waals surface area contributed by atoms with Crippen molar-refractivity contribution in [1.82, 2.24) is 0 Å². The van der Waals surface area contributed by atoms with Crippen LogP contribution in [0.3, 0.4) is 0 Å². The molecule has 0 fully saturated rings. The topological polar surface area (TPSA) is 65.2 Å². The highest BCUT2D eigenvalue weighted by molar-refractivity contribution is 7.88. The Balaban J connectivity index is 2.14. The van der Waals surface area contributed by atoms with Crippen molar-refractivity contribution in [3.8, 4) is 11.5 Å². The molecule has 284 valence electrons. The van der Waals surface area contributed by atoms with Gasteiger partial charge in [-0.3, -0.25) is 9.74 Å². The van der Waals surface area contributed by atoms with E-state index >= 15 is 17.6 Å². The Morgan fingerprint density at radius 1 is 0.630 bits per heavy atom. The third-order valence-corrected chi connectivity index (χ3v) is 13.2. The lowest BCUT2D eigenvalue weighted by atomic mass is 9.86. The van der Waals surface area contributed by atoms with Gasteiger partial charge in [0.05, 0.1) is 23.7 Å². The van der Waals surface area contributed by atoms with Gasteiger partial charge in [0.15, 0.2) is 23.3 Å². The van der Waals surface area contributed by atoms with Gasteiger partial charge in [0.1, 0.15) is 11.5 Å². The number of halogens is 7. The van der Waals surface area contributed by atoms with Crippen molar-refractivity contribution in [3.63, 3.8) is 0 Å². The molecule has 0 saturated heterocycles. The first kappa shape index (κ1) is 41.0. The maximum absolute atomic E-state index is 16.7. The largest absolute Gasteiger partial charge is 0.507 e. The number of benzene rings is 5. The maximum Gasteiger partial charge on any atom is 0.200 e. The number of hydrogen-bond donors (Lipinski definition) is 2. The summed E-state index contributed by atoms with van der Waals surface area (Å²) in [6, 6.07) is 15.5. The number of rotatable bonds is 6. The monoisotopic (exact) mass is 800 g/mol. The van der Waals surface area contributed by atoms with Crippen LogP contribution in [0.2, 0.25) is 10.0 Å². The van der Waals surface area contributed by atoms with Crippen LogP contribution in [0.15, 0.2) is 70.4 Å².